The van der Waals surface area contributed by atoms with Crippen LogP contribution >= 0.6 is 0 Å². The maximum atomic E-state index is 11.1. The fourth-order valence-corrected chi connectivity index (χ4v) is 2.73. The molecule has 0 aromatic heterocycles. The summed E-state index contributed by atoms with van der Waals surface area (Å²) in [6, 6.07) is 6.14. The van der Waals surface area contributed by atoms with Gasteiger partial charge in [0.25, 0.3) is 0 Å². The van der Waals surface area contributed by atoms with Gasteiger partial charge in [0.15, 0.2) is 5.96 Å². The molecule has 0 heterocycles. The molecule has 27 heavy (non-hydrogen) atoms. The van der Waals surface area contributed by atoms with Crippen LogP contribution in [0.25, 0.3) is 0 Å². The van der Waals surface area contributed by atoms with Gasteiger partial charge in [0.2, 0.25) is 10.0 Å². The summed E-state index contributed by atoms with van der Waals surface area (Å²) in [6.45, 7) is 11.0. The summed E-state index contributed by atoms with van der Waals surface area (Å²) < 4.78 is 30.6. The van der Waals surface area contributed by atoms with Gasteiger partial charge in [0, 0.05) is 25.2 Å². The molecule has 0 saturated heterocycles. The molecule has 0 bridgehead atoms. The third-order valence-corrected chi connectivity index (χ3v) is 4.44. The van der Waals surface area contributed by atoms with Crippen molar-refractivity contribution < 1.29 is 13.2 Å². The topological polar surface area (TPSA) is 91.8 Å². The third kappa shape index (κ3) is 10.8. The molecule has 0 saturated carbocycles. The van der Waals surface area contributed by atoms with Gasteiger partial charge >= 0.3 is 0 Å². The Labute approximate surface area is 164 Å². The van der Waals surface area contributed by atoms with Crippen LogP contribution in [0, 0.1) is 12.8 Å². The second-order valence-corrected chi connectivity index (χ2v) is 8.76. The first-order chi connectivity index (χ1) is 12.7. The Bertz CT molecular complexity index is 703. The SMILES string of the molecule is CCNC(=NCc1ccc(C)cc1OCCC(C)C)NCCNS(C)(=O)=O. The van der Waals surface area contributed by atoms with E-state index in [1.165, 1.54) is 0 Å². The van der Waals surface area contributed by atoms with Crippen LogP contribution in [0.1, 0.15) is 38.3 Å². The van der Waals surface area contributed by atoms with E-state index in [4.69, 9.17) is 4.74 Å². The second-order valence-electron chi connectivity index (χ2n) is 6.93. The number of sulfonamides is 1. The quantitative estimate of drug-likeness (QED) is 0.301. The normalized spacial score (nSPS) is 12.3. The lowest BCUT2D eigenvalue weighted by Gasteiger charge is -2.14. The monoisotopic (exact) mass is 398 g/mol. The van der Waals surface area contributed by atoms with E-state index in [1.54, 1.807) is 0 Å². The highest BCUT2D eigenvalue weighted by Crippen LogP contribution is 2.22. The molecule has 3 N–H and O–H groups in total. The second kappa shape index (κ2) is 11.8. The lowest BCUT2D eigenvalue weighted by molar-refractivity contribution is 0.287. The predicted octanol–water partition coefficient (Wildman–Crippen LogP) is 2.02. The van der Waals surface area contributed by atoms with Gasteiger partial charge in [0.1, 0.15) is 5.75 Å². The van der Waals surface area contributed by atoms with Crippen LogP contribution in [0.2, 0.25) is 0 Å². The van der Waals surface area contributed by atoms with Crippen LogP contribution < -0.4 is 20.1 Å². The van der Waals surface area contributed by atoms with E-state index in [2.05, 4.69) is 40.3 Å². The number of nitrogens with one attached hydrogen (secondary N) is 3. The number of nitrogens with zero attached hydrogens (tertiary/aromatic N) is 1. The van der Waals surface area contributed by atoms with Crippen molar-refractivity contribution >= 4 is 16.0 Å². The number of aliphatic imine (C=N–C) groups is 1. The fraction of sp³-hybridized carbons (Fsp3) is 0.632. The molecule has 1 aromatic carbocycles. The molecule has 1 aromatic rings. The van der Waals surface area contributed by atoms with E-state index >= 15 is 0 Å². The van der Waals surface area contributed by atoms with E-state index < -0.39 is 10.0 Å². The van der Waals surface area contributed by atoms with Gasteiger partial charge in [0.05, 0.1) is 19.4 Å². The molecule has 0 unspecified atom stereocenters. The van der Waals surface area contributed by atoms with E-state index in [-0.39, 0.29) is 0 Å². The number of ether oxygens (including phenoxy) is 1. The van der Waals surface area contributed by atoms with Crippen molar-refractivity contribution in [2.24, 2.45) is 10.9 Å². The molecule has 1 rings (SSSR count). The maximum absolute atomic E-state index is 11.1. The Morgan fingerprint density at radius 3 is 2.59 bits per heavy atom. The van der Waals surface area contributed by atoms with Crippen molar-refractivity contribution in [3.8, 4) is 5.75 Å². The average Bonchev–Trinajstić information content (AvgIpc) is 2.56. The van der Waals surface area contributed by atoms with Gasteiger partial charge in [-0.2, -0.15) is 0 Å². The Kier molecular flexibility index (Phi) is 10.2. The van der Waals surface area contributed by atoms with Crippen molar-refractivity contribution in [1.29, 1.82) is 0 Å². The molecular weight excluding hydrogens is 364 g/mol. The minimum atomic E-state index is -3.18. The van der Waals surface area contributed by atoms with Crippen LogP contribution in [0.3, 0.4) is 0 Å². The number of rotatable bonds is 11. The average molecular weight is 399 g/mol. The van der Waals surface area contributed by atoms with Gasteiger partial charge < -0.3 is 15.4 Å². The van der Waals surface area contributed by atoms with E-state index in [9.17, 15) is 8.42 Å². The van der Waals surface area contributed by atoms with E-state index in [1.807, 2.05) is 26.0 Å². The van der Waals surface area contributed by atoms with Crippen LogP contribution in [-0.4, -0.2) is 46.9 Å². The lowest BCUT2D eigenvalue weighted by Crippen LogP contribution is -2.41. The minimum absolute atomic E-state index is 0.303. The summed E-state index contributed by atoms with van der Waals surface area (Å²) in [6.07, 6.45) is 2.15. The highest BCUT2D eigenvalue weighted by atomic mass is 32.2. The summed E-state index contributed by atoms with van der Waals surface area (Å²) in [5.74, 6) is 2.11. The van der Waals surface area contributed by atoms with Gasteiger partial charge in [-0.05, 0) is 37.8 Å². The van der Waals surface area contributed by atoms with Gasteiger partial charge in [-0.25, -0.2) is 18.1 Å². The van der Waals surface area contributed by atoms with Crippen LogP contribution in [-0.2, 0) is 16.6 Å². The molecular formula is C19H34N4O3S. The van der Waals surface area contributed by atoms with Crippen LogP contribution in [0.15, 0.2) is 23.2 Å². The Morgan fingerprint density at radius 1 is 1.22 bits per heavy atom. The molecule has 0 fully saturated rings. The number of hydrogen-bond acceptors (Lipinski definition) is 4. The molecule has 0 aliphatic rings. The fourth-order valence-electron chi connectivity index (χ4n) is 2.25. The molecule has 154 valence electrons. The smallest absolute Gasteiger partial charge is 0.208 e. The van der Waals surface area contributed by atoms with Crippen molar-refractivity contribution in [3.63, 3.8) is 0 Å². The molecule has 0 spiro atoms. The largest absolute Gasteiger partial charge is 0.493 e. The Hall–Kier alpha value is -1.80. The highest BCUT2D eigenvalue weighted by molar-refractivity contribution is 7.88. The van der Waals surface area contributed by atoms with Gasteiger partial charge in [-0.3, -0.25) is 0 Å². The Morgan fingerprint density at radius 2 is 1.96 bits per heavy atom. The molecule has 7 nitrogen and oxygen atoms in total. The molecule has 0 aliphatic heterocycles. The number of hydrogen-bond donors (Lipinski definition) is 3. The zero-order valence-electron chi connectivity index (χ0n) is 17.1. The van der Waals surface area contributed by atoms with Crippen LogP contribution in [0.4, 0.5) is 0 Å². The number of benzene rings is 1. The number of aryl methyl sites for hydroxylation is 1. The molecule has 0 radical (unpaired) electrons. The van der Waals surface area contributed by atoms with Gasteiger partial charge in [-0.1, -0.05) is 26.0 Å². The van der Waals surface area contributed by atoms with Crippen molar-refractivity contribution in [2.45, 2.75) is 40.7 Å². The zero-order chi connectivity index (χ0) is 20.3. The molecule has 0 atom stereocenters. The maximum Gasteiger partial charge on any atom is 0.208 e. The predicted molar refractivity (Wildman–Crippen MR) is 112 cm³/mol. The summed E-state index contributed by atoms with van der Waals surface area (Å²) in [4.78, 5) is 4.59. The standard InChI is InChI=1S/C19H34N4O3S/c1-6-20-19(21-10-11-23-27(5,24)25)22-14-17-8-7-16(4)13-18(17)26-12-9-15(2)3/h7-8,13,15,23H,6,9-12,14H2,1-5H3,(H2,20,21,22). The first-order valence-corrected chi connectivity index (χ1v) is 11.3. The van der Waals surface area contributed by atoms with E-state index in [0.29, 0.717) is 38.1 Å². The third-order valence-electron chi connectivity index (χ3n) is 3.71. The van der Waals surface area contributed by atoms with Gasteiger partial charge in [-0.15, -0.1) is 0 Å². The summed E-state index contributed by atoms with van der Waals surface area (Å²) >= 11 is 0. The van der Waals surface area contributed by atoms with Crippen molar-refractivity contribution in [3.05, 3.63) is 29.3 Å². The Balaban J connectivity index is 2.71. The van der Waals surface area contributed by atoms with Crippen LogP contribution in [0.5, 0.6) is 5.75 Å². The summed E-state index contributed by atoms with van der Waals surface area (Å²) in [7, 11) is -3.18. The number of guanidine groups is 1. The first kappa shape index (κ1) is 23.2. The molecule has 8 heteroatoms. The zero-order valence-corrected chi connectivity index (χ0v) is 17.9. The summed E-state index contributed by atoms with van der Waals surface area (Å²) in [5.41, 5.74) is 2.18. The van der Waals surface area contributed by atoms with Crippen molar-refractivity contribution in [1.82, 2.24) is 15.4 Å². The highest BCUT2D eigenvalue weighted by Gasteiger charge is 2.06. The molecule has 0 amide bonds. The molecule has 0 aliphatic carbocycles. The first-order valence-electron chi connectivity index (χ1n) is 9.40. The minimum Gasteiger partial charge on any atom is -0.493 e. The van der Waals surface area contributed by atoms with E-state index in [0.717, 1.165) is 36.1 Å². The van der Waals surface area contributed by atoms with Crippen molar-refractivity contribution in [2.75, 3.05) is 32.5 Å². The lowest BCUT2D eigenvalue weighted by atomic mass is 10.1. The summed E-state index contributed by atoms with van der Waals surface area (Å²) in [5, 5.41) is 6.28.